The average Bonchev–Trinajstić information content (AvgIpc) is 2.17. The fourth-order valence-corrected chi connectivity index (χ4v) is 0.854. The molecule has 0 fully saturated rings. The van der Waals surface area contributed by atoms with Gasteiger partial charge in [-0.25, -0.2) is 4.98 Å². The number of rotatable bonds is 2. The maximum atomic E-state index is 11.1. The fourth-order valence-electron chi connectivity index (χ4n) is 0.854. The van der Waals surface area contributed by atoms with Crippen molar-refractivity contribution in [2.24, 2.45) is 0 Å². The molecule has 5 nitrogen and oxygen atoms in total. The number of hydrogen-bond donors (Lipinski definition) is 1. The van der Waals surface area contributed by atoms with Crippen LogP contribution in [0.4, 0.5) is 0 Å². The Bertz CT molecular complexity index is 325. The highest BCUT2D eigenvalue weighted by Crippen LogP contribution is 2.11. The maximum Gasteiger partial charge on any atom is 0.288 e. The molecule has 0 bridgehead atoms. The predicted molar refractivity (Wildman–Crippen MR) is 46.7 cm³/mol. The fraction of sp³-hybridized carbons (Fsp3) is 0.375. The molecule has 0 aliphatic heterocycles. The topological polar surface area (TPSA) is 64.1 Å². The quantitative estimate of drug-likeness (QED) is 0.705. The summed E-state index contributed by atoms with van der Waals surface area (Å²) in [7, 11) is 3.03. The van der Waals surface area contributed by atoms with Gasteiger partial charge in [0.15, 0.2) is 0 Å². The van der Waals surface area contributed by atoms with Crippen LogP contribution >= 0.6 is 0 Å². The Labute approximate surface area is 76.2 Å². The van der Waals surface area contributed by atoms with Gasteiger partial charge < -0.3 is 10.1 Å². The van der Waals surface area contributed by atoms with Crippen LogP contribution in [-0.4, -0.2) is 30.0 Å². The summed E-state index contributed by atoms with van der Waals surface area (Å²) < 4.78 is 4.95. The van der Waals surface area contributed by atoms with Crippen LogP contribution in [0.15, 0.2) is 6.20 Å². The van der Waals surface area contributed by atoms with Gasteiger partial charge >= 0.3 is 0 Å². The summed E-state index contributed by atoms with van der Waals surface area (Å²) in [5.74, 6) is 0.219. The lowest BCUT2D eigenvalue weighted by atomic mass is 10.3. The van der Waals surface area contributed by atoms with Crippen molar-refractivity contribution in [1.29, 1.82) is 0 Å². The molecule has 5 heteroatoms. The van der Waals surface area contributed by atoms with Crippen LogP contribution in [0.1, 0.15) is 16.2 Å². The van der Waals surface area contributed by atoms with E-state index >= 15 is 0 Å². The zero-order chi connectivity index (χ0) is 9.84. The first-order chi connectivity index (χ1) is 6.19. The van der Waals surface area contributed by atoms with Crippen molar-refractivity contribution >= 4 is 5.91 Å². The summed E-state index contributed by atoms with van der Waals surface area (Å²) in [5, 5.41) is 2.43. The van der Waals surface area contributed by atoms with Crippen molar-refractivity contribution in [3.8, 4) is 5.88 Å². The standard InChI is InChI=1S/C8H11N3O2/c1-5-4-10-6(7(12)9-2)11-8(5)13-3/h4H,1-3H3,(H,9,12). The second-order valence-corrected chi connectivity index (χ2v) is 2.47. The first-order valence-corrected chi connectivity index (χ1v) is 3.78. The van der Waals surface area contributed by atoms with Gasteiger partial charge in [-0.15, -0.1) is 0 Å². The summed E-state index contributed by atoms with van der Waals surface area (Å²) in [6, 6.07) is 0. The Balaban J connectivity index is 3.06. The molecule has 0 aromatic carbocycles. The van der Waals surface area contributed by atoms with E-state index in [2.05, 4.69) is 15.3 Å². The maximum absolute atomic E-state index is 11.1. The minimum atomic E-state index is -0.321. The van der Waals surface area contributed by atoms with Crippen molar-refractivity contribution in [3.63, 3.8) is 0 Å². The number of aromatic nitrogens is 2. The van der Waals surface area contributed by atoms with E-state index in [1.54, 1.807) is 6.20 Å². The Hall–Kier alpha value is -1.65. The lowest BCUT2D eigenvalue weighted by Gasteiger charge is -2.03. The lowest BCUT2D eigenvalue weighted by molar-refractivity contribution is 0.0951. The third kappa shape index (κ3) is 1.93. The van der Waals surface area contributed by atoms with Crippen LogP contribution in [0, 0.1) is 6.92 Å². The zero-order valence-corrected chi connectivity index (χ0v) is 7.79. The van der Waals surface area contributed by atoms with Crippen LogP contribution in [0.2, 0.25) is 0 Å². The first kappa shape index (κ1) is 9.44. The van der Waals surface area contributed by atoms with Crippen molar-refractivity contribution in [2.75, 3.05) is 14.2 Å². The van der Waals surface area contributed by atoms with Crippen LogP contribution in [0.5, 0.6) is 5.88 Å². The van der Waals surface area contributed by atoms with Gasteiger partial charge in [-0.1, -0.05) is 0 Å². The minimum absolute atomic E-state index is 0.116. The van der Waals surface area contributed by atoms with Crippen LogP contribution in [0.3, 0.4) is 0 Å². The number of nitrogens with one attached hydrogen (secondary N) is 1. The SMILES string of the molecule is CNC(=O)c1ncc(C)c(OC)n1. The Morgan fingerprint density at radius 2 is 2.31 bits per heavy atom. The largest absolute Gasteiger partial charge is 0.481 e. The van der Waals surface area contributed by atoms with Gasteiger partial charge in [0.25, 0.3) is 5.91 Å². The molecular formula is C8H11N3O2. The van der Waals surface area contributed by atoms with Crippen LogP contribution in [-0.2, 0) is 0 Å². The molecule has 70 valence electrons. The smallest absolute Gasteiger partial charge is 0.288 e. The average molecular weight is 181 g/mol. The second kappa shape index (κ2) is 3.84. The number of nitrogens with zero attached hydrogens (tertiary/aromatic N) is 2. The summed E-state index contributed by atoms with van der Waals surface area (Å²) in [4.78, 5) is 18.9. The van der Waals surface area contributed by atoms with Gasteiger partial charge in [-0.2, -0.15) is 4.98 Å². The molecule has 1 rings (SSSR count). The normalized spacial score (nSPS) is 9.46. The van der Waals surface area contributed by atoms with Gasteiger partial charge in [-0.05, 0) is 6.92 Å². The van der Waals surface area contributed by atoms with Crippen molar-refractivity contribution < 1.29 is 9.53 Å². The number of ether oxygens (including phenoxy) is 1. The molecule has 0 atom stereocenters. The van der Waals surface area contributed by atoms with Crippen LogP contribution in [0.25, 0.3) is 0 Å². The molecule has 0 aliphatic carbocycles. The molecule has 1 amide bonds. The van der Waals surface area contributed by atoms with Crippen molar-refractivity contribution in [1.82, 2.24) is 15.3 Å². The van der Waals surface area contributed by atoms with Crippen LogP contribution < -0.4 is 10.1 Å². The molecule has 0 unspecified atom stereocenters. The van der Waals surface area contributed by atoms with Crippen molar-refractivity contribution in [3.05, 3.63) is 17.6 Å². The van der Waals surface area contributed by atoms with Gasteiger partial charge in [0.05, 0.1) is 7.11 Å². The highest BCUT2D eigenvalue weighted by atomic mass is 16.5. The molecule has 1 N–H and O–H groups in total. The predicted octanol–water partition coefficient (Wildman–Crippen LogP) is 0.153. The Kier molecular flexibility index (Phi) is 2.79. The molecule has 13 heavy (non-hydrogen) atoms. The second-order valence-electron chi connectivity index (χ2n) is 2.47. The van der Waals surface area contributed by atoms with Gasteiger partial charge in [0.2, 0.25) is 11.7 Å². The van der Waals surface area contributed by atoms with Gasteiger partial charge in [0, 0.05) is 18.8 Å². The van der Waals surface area contributed by atoms with E-state index in [0.29, 0.717) is 5.88 Å². The number of aryl methyl sites for hydroxylation is 1. The third-order valence-corrected chi connectivity index (χ3v) is 1.55. The highest BCUT2D eigenvalue weighted by Gasteiger charge is 2.09. The zero-order valence-electron chi connectivity index (χ0n) is 7.79. The highest BCUT2D eigenvalue weighted by molar-refractivity contribution is 5.90. The van der Waals surface area contributed by atoms with Gasteiger partial charge in [-0.3, -0.25) is 4.79 Å². The number of methoxy groups -OCH3 is 1. The molecule has 0 saturated heterocycles. The van der Waals surface area contributed by atoms with E-state index in [-0.39, 0.29) is 11.7 Å². The molecule has 0 aliphatic rings. The summed E-state index contributed by atoms with van der Waals surface area (Å²) in [5.41, 5.74) is 0.801. The van der Waals surface area contributed by atoms with E-state index in [9.17, 15) is 4.79 Å². The summed E-state index contributed by atoms with van der Waals surface area (Å²) in [6.45, 7) is 1.81. The summed E-state index contributed by atoms with van der Waals surface area (Å²) >= 11 is 0. The Morgan fingerprint density at radius 1 is 1.62 bits per heavy atom. The monoisotopic (exact) mass is 181 g/mol. The molecule has 1 aromatic rings. The van der Waals surface area contributed by atoms with E-state index in [1.807, 2.05) is 6.92 Å². The molecular weight excluding hydrogens is 170 g/mol. The number of carbonyl (C=O) groups excluding carboxylic acids is 1. The lowest BCUT2D eigenvalue weighted by Crippen LogP contribution is -2.21. The molecule has 0 radical (unpaired) electrons. The van der Waals surface area contributed by atoms with E-state index in [0.717, 1.165) is 5.56 Å². The number of amides is 1. The molecule has 1 aromatic heterocycles. The molecule has 0 spiro atoms. The van der Waals surface area contributed by atoms with E-state index in [4.69, 9.17) is 4.74 Å². The van der Waals surface area contributed by atoms with Crippen molar-refractivity contribution in [2.45, 2.75) is 6.92 Å². The van der Waals surface area contributed by atoms with E-state index < -0.39 is 0 Å². The number of carbonyl (C=O) groups is 1. The Morgan fingerprint density at radius 3 is 2.85 bits per heavy atom. The molecule has 0 saturated carbocycles. The minimum Gasteiger partial charge on any atom is -0.481 e. The number of hydrogen-bond acceptors (Lipinski definition) is 4. The first-order valence-electron chi connectivity index (χ1n) is 3.78. The van der Waals surface area contributed by atoms with Gasteiger partial charge in [0.1, 0.15) is 0 Å². The third-order valence-electron chi connectivity index (χ3n) is 1.55. The van der Waals surface area contributed by atoms with E-state index in [1.165, 1.54) is 14.2 Å². The summed E-state index contributed by atoms with van der Waals surface area (Å²) in [6.07, 6.45) is 1.55. The molecule has 1 heterocycles.